The maximum absolute atomic E-state index is 11.8. The molecular formula is C16H24N2O4. The monoisotopic (exact) mass is 308 g/mol. The van der Waals surface area contributed by atoms with E-state index in [1.165, 1.54) is 6.42 Å². The van der Waals surface area contributed by atoms with Gasteiger partial charge in [0.1, 0.15) is 0 Å². The van der Waals surface area contributed by atoms with Crippen molar-refractivity contribution in [3.8, 4) is 0 Å². The van der Waals surface area contributed by atoms with Crippen molar-refractivity contribution >= 4 is 11.9 Å². The Morgan fingerprint density at radius 2 is 2.14 bits per heavy atom. The molecule has 0 saturated heterocycles. The summed E-state index contributed by atoms with van der Waals surface area (Å²) in [5.41, 5.74) is 0.723. The number of amides is 1. The minimum Gasteiger partial charge on any atom is -0.450 e. The number of aromatic nitrogens is 1. The number of nitrogens with zero attached hydrogens (tertiary/aromatic N) is 1. The lowest BCUT2D eigenvalue weighted by molar-refractivity contribution is -0.125. The molecule has 0 aromatic carbocycles. The second kappa shape index (κ2) is 7.96. The Kier molecular flexibility index (Phi) is 5.98. The van der Waals surface area contributed by atoms with Crippen LogP contribution >= 0.6 is 0 Å². The fourth-order valence-electron chi connectivity index (χ4n) is 2.54. The summed E-state index contributed by atoms with van der Waals surface area (Å²) < 4.78 is 9.95. The smallest absolute Gasteiger partial charge is 0.377 e. The Hall–Kier alpha value is -1.85. The Morgan fingerprint density at radius 3 is 2.82 bits per heavy atom. The molecule has 1 saturated carbocycles. The molecule has 22 heavy (non-hydrogen) atoms. The van der Waals surface area contributed by atoms with Gasteiger partial charge in [0.2, 0.25) is 5.76 Å². The van der Waals surface area contributed by atoms with Gasteiger partial charge < -0.3 is 14.6 Å². The van der Waals surface area contributed by atoms with Gasteiger partial charge in [-0.25, -0.2) is 4.79 Å². The van der Waals surface area contributed by atoms with Crippen molar-refractivity contribution in [3.05, 3.63) is 17.5 Å². The first-order valence-corrected chi connectivity index (χ1v) is 8.03. The Morgan fingerprint density at radius 1 is 1.41 bits per heavy atom. The highest BCUT2D eigenvalue weighted by Crippen LogP contribution is 2.19. The van der Waals surface area contributed by atoms with Crippen molar-refractivity contribution in [2.24, 2.45) is 0 Å². The summed E-state index contributed by atoms with van der Waals surface area (Å²) in [5, 5.41) is 6.75. The SMILES string of the molecule is CCC(C)c1cc(C(=O)OCC(=O)NC2CCCCC2)on1. The van der Waals surface area contributed by atoms with Gasteiger partial charge in [-0.05, 0) is 19.3 Å². The average molecular weight is 308 g/mol. The van der Waals surface area contributed by atoms with Crippen LogP contribution in [-0.2, 0) is 9.53 Å². The van der Waals surface area contributed by atoms with Crippen LogP contribution in [0.15, 0.2) is 10.6 Å². The molecule has 0 aliphatic heterocycles. The number of hydrogen-bond donors (Lipinski definition) is 1. The summed E-state index contributed by atoms with van der Waals surface area (Å²) in [6.07, 6.45) is 6.42. The molecule has 2 rings (SSSR count). The van der Waals surface area contributed by atoms with E-state index in [1.54, 1.807) is 6.07 Å². The molecule has 1 aliphatic carbocycles. The molecule has 0 bridgehead atoms. The molecule has 0 spiro atoms. The zero-order valence-corrected chi connectivity index (χ0v) is 13.3. The lowest BCUT2D eigenvalue weighted by atomic mass is 9.95. The maximum Gasteiger partial charge on any atom is 0.377 e. The highest BCUT2D eigenvalue weighted by molar-refractivity contribution is 5.88. The largest absolute Gasteiger partial charge is 0.450 e. The van der Waals surface area contributed by atoms with Gasteiger partial charge in [0, 0.05) is 18.0 Å². The molecule has 1 aromatic rings. The van der Waals surface area contributed by atoms with Gasteiger partial charge >= 0.3 is 5.97 Å². The third-order valence-electron chi connectivity index (χ3n) is 4.15. The van der Waals surface area contributed by atoms with Crippen LogP contribution in [0.3, 0.4) is 0 Å². The van der Waals surface area contributed by atoms with Gasteiger partial charge in [-0.3, -0.25) is 4.79 Å². The Labute approximate surface area is 130 Å². The molecule has 1 N–H and O–H groups in total. The number of carbonyl (C=O) groups excluding carboxylic acids is 2. The second-order valence-corrected chi connectivity index (χ2v) is 5.90. The van der Waals surface area contributed by atoms with Crippen LogP contribution in [0.1, 0.15) is 74.5 Å². The first kappa shape index (κ1) is 16.5. The van der Waals surface area contributed by atoms with E-state index < -0.39 is 5.97 Å². The fraction of sp³-hybridized carbons (Fsp3) is 0.688. The predicted molar refractivity (Wildman–Crippen MR) is 80.5 cm³/mol. The number of ether oxygens (including phenoxy) is 1. The summed E-state index contributed by atoms with van der Waals surface area (Å²) in [6, 6.07) is 1.79. The number of rotatable bonds is 6. The summed E-state index contributed by atoms with van der Waals surface area (Å²) in [4.78, 5) is 23.6. The minimum absolute atomic E-state index is 0.0424. The van der Waals surface area contributed by atoms with Crippen LogP contribution in [-0.4, -0.2) is 29.7 Å². The Bertz CT molecular complexity index is 506. The number of esters is 1. The van der Waals surface area contributed by atoms with Crippen LogP contribution in [0.2, 0.25) is 0 Å². The van der Waals surface area contributed by atoms with Crippen molar-refractivity contribution < 1.29 is 18.8 Å². The van der Waals surface area contributed by atoms with Crippen LogP contribution in [0.5, 0.6) is 0 Å². The topological polar surface area (TPSA) is 81.4 Å². The van der Waals surface area contributed by atoms with Gasteiger partial charge in [-0.2, -0.15) is 0 Å². The van der Waals surface area contributed by atoms with Gasteiger partial charge in [0.25, 0.3) is 5.91 Å². The van der Waals surface area contributed by atoms with Crippen molar-refractivity contribution in [1.82, 2.24) is 10.5 Å². The Balaban J connectivity index is 1.76. The van der Waals surface area contributed by atoms with Crippen molar-refractivity contribution in [2.45, 2.75) is 64.3 Å². The summed E-state index contributed by atoms with van der Waals surface area (Å²) in [5.74, 6) is -0.650. The van der Waals surface area contributed by atoms with Crippen LogP contribution in [0, 0.1) is 0 Å². The molecule has 1 amide bonds. The molecular weight excluding hydrogens is 284 g/mol. The van der Waals surface area contributed by atoms with Crippen molar-refractivity contribution in [2.75, 3.05) is 6.61 Å². The third-order valence-corrected chi connectivity index (χ3v) is 4.15. The maximum atomic E-state index is 11.8. The van der Waals surface area contributed by atoms with Gasteiger partial charge in [0.05, 0.1) is 5.69 Å². The molecule has 0 radical (unpaired) electrons. The zero-order valence-electron chi connectivity index (χ0n) is 13.3. The highest BCUT2D eigenvalue weighted by Gasteiger charge is 2.20. The first-order chi connectivity index (χ1) is 10.6. The van der Waals surface area contributed by atoms with Crippen LogP contribution in [0.4, 0.5) is 0 Å². The van der Waals surface area contributed by atoms with Crippen LogP contribution in [0.25, 0.3) is 0 Å². The van der Waals surface area contributed by atoms with Gasteiger partial charge in [0.15, 0.2) is 6.61 Å². The molecule has 1 aromatic heterocycles. The van der Waals surface area contributed by atoms with Gasteiger partial charge in [-0.1, -0.05) is 38.3 Å². The average Bonchev–Trinajstić information content (AvgIpc) is 3.03. The summed E-state index contributed by atoms with van der Waals surface area (Å²) in [6.45, 7) is 3.76. The molecule has 1 unspecified atom stereocenters. The van der Waals surface area contributed by atoms with E-state index in [2.05, 4.69) is 10.5 Å². The second-order valence-electron chi connectivity index (χ2n) is 5.90. The van der Waals surface area contributed by atoms with E-state index in [0.29, 0.717) is 0 Å². The molecule has 6 nitrogen and oxygen atoms in total. The summed E-state index contributed by atoms with van der Waals surface area (Å²) >= 11 is 0. The molecule has 122 valence electrons. The van der Waals surface area contributed by atoms with E-state index >= 15 is 0 Å². The molecule has 1 fully saturated rings. The predicted octanol–water partition coefficient (Wildman–Crippen LogP) is 2.79. The zero-order chi connectivity index (χ0) is 15.9. The van der Waals surface area contributed by atoms with E-state index in [-0.39, 0.29) is 30.2 Å². The molecule has 1 heterocycles. The van der Waals surface area contributed by atoms with Crippen molar-refractivity contribution in [3.63, 3.8) is 0 Å². The van der Waals surface area contributed by atoms with E-state index in [0.717, 1.165) is 37.8 Å². The lowest BCUT2D eigenvalue weighted by Gasteiger charge is -2.22. The van der Waals surface area contributed by atoms with Crippen molar-refractivity contribution in [1.29, 1.82) is 0 Å². The lowest BCUT2D eigenvalue weighted by Crippen LogP contribution is -2.38. The standard InChI is InChI=1S/C16H24N2O4/c1-3-11(2)13-9-14(22-18-13)16(20)21-10-15(19)17-12-7-5-4-6-8-12/h9,11-12H,3-8,10H2,1-2H3,(H,17,19). The van der Waals surface area contributed by atoms with E-state index in [4.69, 9.17) is 9.26 Å². The number of nitrogens with one attached hydrogen (secondary N) is 1. The molecule has 6 heteroatoms. The highest BCUT2D eigenvalue weighted by atomic mass is 16.6. The normalized spacial score (nSPS) is 17.0. The minimum atomic E-state index is -0.652. The molecule has 1 aliphatic rings. The number of carbonyl (C=O) groups is 2. The molecule has 1 atom stereocenters. The van der Waals surface area contributed by atoms with E-state index in [9.17, 15) is 9.59 Å². The quantitative estimate of drug-likeness (QED) is 0.817. The number of hydrogen-bond acceptors (Lipinski definition) is 5. The van der Waals surface area contributed by atoms with Gasteiger partial charge in [-0.15, -0.1) is 0 Å². The fourth-order valence-corrected chi connectivity index (χ4v) is 2.54. The first-order valence-electron chi connectivity index (χ1n) is 8.03. The summed E-state index contributed by atoms with van der Waals surface area (Å²) in [7, 11) is 0. The van der Waals surface area contributed by atoms with E-state index in [1.807, 2.05) is 13.8 Å². The van der Waals surface area contributed by atoms with Crippen LogP contribution < -0.4 is 5.32 Å². The third kappa shape index (κ3) is 4.58.